The Hall–Kier alpha value is -2.35. The number of rotatable bonds is 3. The van der Waals surface area contributed by atoms with Crippen molar-refractivity contribution in [3.05, 3.63) is 63.5 Å². The van der Waals surface area contributed by atoms with Gasteiger partial charge in [-0.25, -0.2) is 4.79 Å². The number of carbonyl (C=O) groups is 2. The number of aromatic carboxylic acids is 1. The van der Waals surface area contributed by atoms with E-state index in [1.54, 1.807) is 30.3 Å². The van der Waals surface area contributed by atoms with Gasteiger partial charge in [-0.3, -0.25) is 9.69 Å². The van der Waals surface area contributed by atoms with Crippen LogP contribution in [-0.4, -0.2) is 21.3 Å². The summed E-state index contributed by atoms with van der Waals surface area (Å²) in [6.45, 7) is 0. The lowest BCUT2D eigenvalue weighted by Gasteiger charge is -2.18. The van der Waals surface area contributed by atoms with Gasteiger partial charge in [-0.05, 0) is 42.0 Å². The lowest BCUT2D eigenvalue weighted by molar-refractivity contribution is -0.268. The number of amides is 1. The molecule has 8 heteroatoms. The maximum absolute atomic E-state index is 12.6. The Morgan fingerprint density at radius 1 is 1.24 bits per heavy atom. The fourth-order valence-electron chi connectivity index (χ4n) is 2.23. The molecular weight excluding hydrogens is 382 g/mol. The summed E-state index contributed by atoms with van der Waals surface area (Å²) < 4.78 is 0.271. The molecule has 0 spiro atoms. The fraction of sp³-hybridized carbons (Fsp3) is 0. The number of nitrogens with zero attached hydrogens (tertiary/aromatic N) is 1. The zero-order valence-electron chi connectivity index (χ0n) is 12.4. The summed E-state index contributed by atoms with van der Waals surface area (Å²) in [5, 5.41) is 21.4. The molecule has 1 fully saturated rings. The molecule has 0 unspecified atom stereocenters. The van der Waals surface area contributed by atoms with Gasteiger partial charge in [0.05, 0.1) is 16.2 Å². The highest BCUT2D eigenvalue weighted by atomic mass is 35.5. The van der Waals surface area contributed by atoms with Gasteiger partial charge in [0, 0.05) is 5.02 Å². The molecule has 0 aromatic heterocycles. The molecule has 5 nitrogen and oxygen atoms in total. The number of halogens is 1. The number of carboxylic acid groups (broad SMARTS) is 1. The van der Waals surface area contributed by atoms with E-state index in [1.165, 1.54) is 17.0 Å². The molecule has 1 aliphatic heterocycles. The highest BCUT2D eigenvalue weighted by Crippen LogP contribution is 2.37. The number of hydrogen-bond acceptors (Lipinski definition) is 5. The SMILES string of the molecule is O=C(O)c1ccc(N2C(=O)/C(=C/c3ccc(Cl)cc3)SC2=S)cc1[O-]. The van der Waals surface area contributed by atoms with Gasteiger partial charge in [-0.1, -0.05) is 53.5 Å². The average Bonchev–Trinajstić information content (AvgIpc) is 2.83. The van der Waals surface area contributed by atoms with Crippen LogP contribution < -0.4 is 10.0 Å². The van der Waals surface area contributed by atoms with Crippen LogP contribution in [0.1, 0.15) is 15.9 Å². The predicted molar refractivity (Wildman–Crippen MR) is 100.0 cm³/mol. The second kappa shape index (κ2) is 6.87. The number of benzene rings is 2. The minimum Gasteiger partial charge on any atom is -0.872 e. The van der Waals surface area contributed by atoms with E-state index < -0.39 is 11.7 Å². The summed E-state index contributed by atoms with van der Waals surface area (Å²) in [6, 6.07) is 10.6. The van der Waals surface area contributed by atoms with Crippen LogP contribution in [0.5, 0.6) is 5.75 Å². The van der Waals surface area contributed by atoms with Gasteiger partial charge in [-0.15, -0.1) is 0 Å². The first-order valence-corrected chi connectivity index (χ1v) is 8.55. The van der Waals surface area contributed by atoms with Crippen LogP contribution in [0.25, 0.3) is 6.08 Å². The Labute approximate surface area is 157 Å². The van der Waals surface area contributed by atoms with Gasteiger partial charge < -0.3 is 10.2 Å². The normalized spacial score (nSPS) is 15.9. The molecule has 2 aromatic carbocycles. The third-order valence-corrected chi connectivity index (χ3v) is 4.97. The number of anilines is 1. The van der Waals surface area contributed by atoms with Gasteiger partial charge in [0.1, 0.15) is 0 Å². The fourth-order valence-corrected chi connectivity index (χ4v) is 3.65. The molecule has 1 saturated heterocycles. The molecule has 1 heterocycles. The topological polar surface area (TPSA) is 80.7 Å². The Balaban J connectivity index is 1.93. The van der Waals surface area contributed by atoms with E-state index in [-0.39, 0.29) is 21.5 Å². The Kier molecular flexibility index (Phi) is 4.80. The highest BCUT2D eigenvalue weighted by Gasteiger charge is 2.33. The molecule has 0 saturated carbocycles. The monoisotopic (exact) mass is 390 g/mol. The lowest BCUT2D eigenvalue weighted by atomic mass is 10.1. The lowest BCUT2D eigenvalue weighted by Crippen LogP contribution is -2.27. The number of thiocarbonyl (C=S) groups is 1. The van der Waals surface area contributed by atoms with Crippen molar-refractivity contribution in [1.29, 1.82) is 0 Å². The Morgan fingerprint density at radius 2 is 1.92 bits per heavy atom. The van der Waals surface area contributed by atoms with Crippen LogP contribution in [0.3, 0.4) is 0 Å². The van der Waals surface area contributed by atoms with E-state index in [4.69, 9.17) is 28.9 Å². The highest BCUT2D eigenvalue weighted by molar-refractivity contribution is 8.27. The van der Waals surface area contributed by atoms with Gasteiger partial charge in [0.15, 0.2) is 4.32 Å². The first-order valence-electron chi connectivity index (χ1n) is 6.94. The zero-order chi connectivity index (χ0) is 18.1. The number of carboxylic acids is 1. The molecule has 3 rings (SSSR count). The molecule has 1 amide bonds. The molecule has 0 radical (unpaired) electrons. The summed E-state index contributed by atoms with van der Waals surface area (Å²) in [6.07, 6.45) is 1.68. The molecule has 1 N–H and O–H groups in total. The maximum atomic E-state index is 12.6. The van der Waals surface area contributed by atoms with E-state index in [9.17, 15) is 14.7 Å². The quantitative estimate of drug-likeness (QED) is 0.638. The maximum Gasteiger partial charge on any atom is 0.335 e. The summed E-state index contributed by atoms with van der Waals surface area (Å²) in [5.74, 6) is -2.36. The van der Waals surface area contributed by atoms with Crippen LogP contribution in [0.15, 0.2) is 47.4 Å². The zero-order valence-corrected chi connectivity index (χ0v) is 14.8. The van der Waals surface area contributed by atoms with Crippen molar-refractivity contribution in [2.24, 2.45) is 0 Å². The molecular formula is C17H9ClNO4S2-. The molecule has 1 aliphatic rings. The number of thioether (sulfide) groups is 1. The van der Waals surface area contributed by atoms with E-state index in [2.05, 4.69) is 0 Å². The van der Waals surface area contributed by atoms with Gasteiger partial charge in [0.2, 0.25) is 0 Å². The smallest absolute Gasteiger partial charge is 0.335 e. The minimum absolute atomic E-state index is 0.247. The van der Waals surface area contributed by atoms with Gasteiger partial charge in [-0.2, -0.15) is 0 Å². The summed E-state index contributed by atoms with van der Waals surface area (Å²) in [7, 11) is 0. The van der Waals surface area contributed by atoms with Gasteiger partial charge >= 0.3 is 5.97 Å². The van der Waals surface area contributed by atoms with Crippen LogP contribution in [0.4, 0.5) is 5.69 Å². The predicted octanol–water partition coefficient (Wildman–Crippen LogP) is 3.52. The van der Waals surface area contributed by atoms with Crippen LogP contribution in [-0.2, 0) is 4.79 Å². The summed E-state index contributed by atoms with van der Waals surface area (Å²) >= 11 is 12.2. The van der Waals surface area contributed by atoms with Crippen molar-refractivity contribution in [2.45, 2.75) is 0 Å². The van der Waals surface area contributed by atoms with Crippen molar-refractivity contribution >= 4 is 63.5 Å². The van der Waals surface area contributed by atoms with E-state index >= 15 is 0 Å². The molecule has 126 valence electrons. The number of hydrogen-bond donors (Lipinski definition) is 1. The molecule has 2 aromatic rings. The third kappa shape index (κ3) is 3.53. The summed E-state index contributed by atoms with van der Waals surface area (Å²) in [4.78, 5) is 25.2. The first kappa shape index (κ1) is 17.5. The van der Waals surface area contributed by atoms with Crippen molar-refractivity contribution in [1.82, 2.24) is 0 Å². The van der Waals surface area contributed by atoms with Crippen LogP contribution in [0, 0.1) is 0 Å². The van der Waals surface area contributed by atoms with E-state index in [1.807, 2.05) is 0 Å². The van der Waals surface area contributed by atoms with Crippen molar-refractivity contribution < 1.29 is 19.8 Å². The Bertz CT molecular complexity index is 925. The largest absolute Gasteiger partial charge is 0.872 e. The second-order valence-corrected chi connectivity index (χ2v) is 7.17. The standard InChI is InChI=1S/C17H10ClNO4S2/c18-10-3-1-9(2-4-10)7-14-15(21)19(17(24)25-14)11-5-6-12(16(22)23)13(20)8-11/h1-8,20H,(H,22,23)/p-1/b14-7-. The minimum atomic E-state index is -1.32. The first-order chi connectivity index (χ1) is 11.9. The summed E-state index contributed by atoms with van der Waals surface area (Å²) in [5.41, 5.74) is 0.679. The molecule has 0 bridgehead atoms. The molecule has 25 heavy (non-hydrogen) atoms. The van der Waals surface area contributed by atoms with E-state index in [0.717, 1.165) is 23.4 Å². The molecule has 0 aliphatic carbocycles. The Morgan fingerprint density at radius 3 is 2.52 bits per heavy atom. The van der Waals surface area contributed by atoms with Gasteiger partial charge in [0.25, 0.3) is 5.91 Å². The van der Waals surface area contributed by atoms with Crippen molar-refractivity contribution in [3.63, 3.8) is 0 Å². The van der Waals surface area contributed by atoms with Crippen molar-refractivity contribution in [2.75, 3.05) is 4.90 Å². The molecule has 0 atom stereocenters. The average molecular weight is 391 g/mol. The van der Waals surface area contributed by atoms with E-state index in [0.29, 0.717) is 9.93 Å². The third-order valence-electron chi connectivity index (χ3n) is 3.42. The van der Waals surface area contributed by atoms with Crippen molar-refractivity contribution in [3.8, 4) is 5.75 Å². The van der Waals surface area contributed by atoms with Crippen LogP contribution >= 0.6 is 35.6 Å². The van der Waals surface area contributed by atoms with Crippen LogP contribution in [0.2, 0.25) is 5.02 Å². The second-order valence-electron chi connectivity index (χ2n) is 5.05. The number of carbonyl (C=O) groups excluding carboxylic acids is 1.